The SMILES string of the molecule is C=CCOc1ccc2c(c1)c(C(=O)C(=O)O)cn2CC1CCC1. The molecule has 0 saturated heterocycles. The van der Waals surface area contributed by atoms with Crippen molar-refractivity contribution in [2.24, 2.45) is 5.92 Å². The van der Waals surface area contributed by atoms with E-state index in [2.05, 4.69) is 6.58 Å². The van der Waals surface area contributed by atoms with Gasteiger partial charge in [-0.2, -0.15) is 0 Å². The van der Waals surface area contributed by atoms with E-state index in [9.17, 15) is 9.59 Å². The Morgan fingerprint density at radius 3 is 2.78 bits per heavy atom. The first kappa shape index (κ1) is 15.3. The van der Waals surface area contributed by atoms with Crippen LogP contribution < -0.4 is 4.74 Å². The number of carbonyl (C=O) groups excluding carboxylic acids is 1. The number of ether oxygens (including phenoxy) is 1. The van der Waals surface area contributed by atoms with Gasteiger partial charge in [0.05, 0.1) is 5.56 Å². The van der Waals surface area contributed by atoms with Crippen LogP contribution in [0.15, 0.2) is 37.1 Å². The fourth-order valence-electron chi connectivity index (χ4n) is 2.92. The van der Waals surface area contributed by atoms with Gasteiger partial charge in [-0.25, -0.2) is 4.79 Å². The zero-order valence-corrected chi connectivity index (χ0v) is 12.8. The van der Waals surface area contributed by atoms with Crippen molar-refractivity contribution < 1.29 is 19.4 Å². The van der Waals surface area contributed by atoms with E-state index < -0.39 is 11.8 Å². The quantitative estimate of drug-likeness (QED) is 0.484. The molecule has 1 N–H and O–H groups in total. The van der Waals surface area contributed by atoms with Gasteiger partial charge < -0.3 is 14.4 Å². The third kappa shape index (κ3) is 2.99. The summed E-state index contributed by atoms with van der Waals surface area (Å²) < 4.78 is 7.49. The van der Waals surface area contributed by atoms with Gasteiger partial charge in [0.15, 0.2) is 0 Å². The average molecular weight is 313 g/mol. The lowest BCUT2D eigenvalue weighted by Gasteiger charge is -2.26. The molecule has 0 unspecified atom stereocenters. The van der Waals surface area contributed by atoms with Gasteiger partial charge in [-0.1, -0.05) is 19.1 Å². The highest BCUT2D eigenvalue weighted by atomic mass is 16.5. The van der Waals surface area contributed by atoms with Crippen LogP contribution in [0.3, 0.4) is 0 Å². The third-order valence-electron chi connectivity index (χ3n) is 4.34. The number of carboxylic acids is 1. The largest absolute Gasteiger partial charge is 0.490 e. The molecule has 0 aliphatic heterocycles. The molecule has 1 aromatic heterocycles. The number of rotatable bonds is 7. The van der Waals surface area contributed by atoms with E-state index >= 15 is 0 Å². The number of carboxylic acid groups (broad SMARTS) is 1. The van der Waals surface area contributed by atoms with Gasteiger partial charge in [-0.05, 0) is 37.0 Å². The highest BCUT2D eigenvalue weighted by Crippen LogP contribution is 2.32. The predicted octanol–water partition coefficient (Wildman–Crippen LogP) is 3.27. The number of fused-ring (bicyclic) bond motifs is 1. The fourth-order valence-corrected chi connectivity index (χ4v) is 2.92. The van der Waals surface area contributed by atoms with Crippen molar-refractivity contribution in [1.29, 1.82) is 0 Å². The summed E-state index contributed by atoms with van der Waals surface area (Å²) in [5, 5.41) is 9.67. The summed E-state index contributed by atoms with van der Waals surface area (Å²) in [7, 11) is 0. The Morgan fingerprint density at radius 2 is 2.17 bits per heavy atom. The molecule has 1 aliphatic rings. The lowest BCUT2D eigenvalue weighted by atomic mass is 9.85. The van der Waals surface area contributed by atoms with E-state index in [1.807, 2.05) is 16.7 Å². The summed E-state index contributed by atoms with van der Waals surface area (Å²) in [4.78, 5) is 23.1. The van der Waals surface area contributed by atoms with E-state index in [1.54, 1.807) is 18.3 Å². The molecule has 120 valence electrons. The van der Waals surface area contributed by atoms with E-state index in [1.165, 1.54) is 19.3 Å². The van der Waals surface area contributed by atoms with Gasteiger partial charge in [0.1, 0.15) is 12.4 Å². The van der Waals surface area contributed by atoms with E-state index in [0.717, 1.165) is 12.1 Å². The Balaban J connectivity index is 2.04. The lowest BCUT2D eigenvalue weighted by Crippen LogP contribution is -2.17. The van der Waals surface area contributed by atoms with Crippen molar-refractivity contribution in [3.8, 4) is 5.75 Å². The minimum Gasteiger partial charge on any atom is -0.490 e. The first-order chi connectivity index (χ1) is 11.1. The normalized spacial score (nSPS) is 14.4. The van der Waals surface area contributed by atoms with Crippen molar-refractivity contribution in [3.63, 3.8) is 0 Å². The highest BCUT2D eigenvalue weighted by molar-refractivity contribution is 6.42. The molecule has 0 amide bonds. The zero-order chi connectivity index (χ0) is 16.4. The second kappa shape index (κ2) is 6.28. The van der Waals surface area contributed by atoms with Gasteiger partial charge in [0, 0.05) is 23.6 Å². The summed E-state index contributed by atoms with van der Waals surface area (Å²) in [6.07, 6.45) is 6.90. The monoisotopic (exact) mass is 313 g/mol. The number of Topliss-reactive ketones (excluding diaryl/α,β-unsaturated/α-hetero) is 1. The Morgan fingerprint density at radius 1 is 1.39 bits per heavy atom. The molecule has 0 bridgehead atoms. The molecule has 3 rings (SSSR count). The third-order valence-corrected chi connectivity index (χ3v) is 4.34. The van der Waals surface area contributed by atoms with Crippen LogP contribution in [0.25, 0.3) is 10.9 Å². The second-order valence-corrected chi connectivity index (χ2v) is 5.90. The fraction of sp³-hybridized carbons (Fsp3) is 0.333. The summed E-state index contributed by atoms with van der Waals surface area (Å²) in [6.45, 7) is 4.77. The summed E-state index contributed by atoms with van der Waals surface area (Å²) in [5.74, 6) is -1.12. The highest BCUT2D eigenvalue weighted by Gasteiger charge is 2.24. The summed E-state index contributed by atoms with van der Waals surface area (Å²) in [6, 6.07) is 5.44. The molecule has 5 nitrogen and oxygen atoms in total. The molecular formula is C18H19NO4. The molecular weight excluding hydrogens is 294 g/mol. The topological polar surface area (TPSA) is 68.5 Å². The Hall–Kier alpha value is -2.56. The Labute approximate surface area is 134 Å². The predicted molar refractivity (Wildman–Crippen MR) is 86.9 cm³/mol. The van der Waals surface area contributed by atoms with E-state index in [4.69, 9.17) is 9.84 Å². The zero-order valence-electron chi connectivity index (χ0n) is 12.8. The van der Waals surface area contributed by atoms with Crippen molar-refractivity contribution in [2.75, 3.05) is 6.61 Å². The van der Waals surface area contributed by atoms with Crippen LogP contribution in [0.1, 0.15) is 29.6 Å². The standard InChI is InChI=1S/C18H19NO4/c1-2-8-23-13-6-7-16-14(9-13)15(17(20)18(21)22)11-19(16)10-12-4-3-5-12/h2,6-7,9,11-12H,1,3-5,8,10H2,(H,21,22). The van der Waals surface area contributed by atoms with Crippen LogP contribution in [-0.2, 0) is 11.3 Å². The van der Waals surface area contributed by atoms with Crippen molar-refractivity contribution in [2.45, 2.75) is 25.8 Å². The number of hydrogen-bond donors (Lipinski definition) is 1. The molecule has 0 spiro atoms. The molecule has 1 aliphatic carbocycles. The van der Waals surface area contributed by atoms with E-state index in [-0.39, 0.29) is 5.56 Å². The van der Waals surface area contributed by atoms with Crippen LogP contribution in [0, 0.1) is 5.92 Å². The number of benzene rings is 1. The van der Waals surface area contributed by atoms with Gasteiger partial charge in [0.25, 0.3) is 5.78 Å². The summed E-state index contributed by atoms with van der Waals surface area (Å²) in [5.41, 5.74) is 1.09. The molecule has 0 radical (unpaired) electrons. The first-order valence-electron chi connectivity index (χ1n) is 7.74. The smallest absolute Gasteiger partial charge is 0.377 e. The van der Waals surface area contributed by atoms with Crippen LogP contribution in [0.2, 0.25) is 0 Å². The van der Waals surface area contributed by atoms with Crippen LogP contribution in [-0.4, -0.2) is 28.0 Å². The number of carbonyl (C=O) groups is 2. The van der Waals surface area contributed by atoms with E-state index in [0.29, 0.717) is 23.7 Å². The molecule has 1 saturated carbocycles. The molecule has 1 fully saturated rings. The summed E-state index contributed by atoms with van der Waals surface area (Å²) >= 11 is 0. The van der Waals surface area contributed by atoms with Crippen LogP contribution in [0.5, 0.6) is 5.75 Å². The molecule has 1 aromatic carbocycles. The molecule has 2 aromatic rings. The van der Waals surface area contributed by atoms with Crippen LogP contribution in [0.4, 0.5) is 0 Å². The second-order valence-electron chi connectivity index (χ2n) is 5.90. The van der Waals surface area contributed by atoms with Gasteiger partial charge in [-0.15, -0.1) is 0 Å². The Kier molecular flexibility index (Phi) is 4.19. The maximum Gasteiger partial charge on any atom is 0.377 e. The molecule has 1 heterocycles. The number of nitrogens with zero attached hydrogens (tertiary/aromatic N) is 1. The lowest BCUT2D eigenvalue weighted by molar-refractivity contribution is -0.131. The number of hydrogen-bond acceptors (Lipinski definition) is 3. The number of ketones is 1. The van der Waals surface area contributed by atoms with Gasteiger partial charge >= 0.3 is 5.97 Å². The van der Waals surface area contributed by atoms with Crippen molar-refractivity contribution >= 4 is 22.7 Å². The number of aromatic nitrogens is 1. The minimum absolute atomic E-state index is 0.218. The van der Waals surface area contributed by atoms with Gasteiger partial charge in [-0.3, -0.25) is 4.79 Å². The van der Waals surface area contributed by atoms with Crippen LogP contribution >= 0.6 is 0 Å². The number of aliphatic carboxylic acids is 1. The average Bonchev–Trinajstić information content (AvgIpc) is 2.86. The Bertz CT molecular complexity index is 771. The minimum atomic E-state index is -1.44. The molecule has 0 atom stereocenters. The van der Waals surface area contributed by atoms with Gasteiger partial charge in [0.2, 0.25) is 0 Å². The maximum atomic E-state index is 12.0. The molecule has 23 heavy (non-hydrogen) atoms. The van der Waals surface area contributed by atoms with Crippen molar-refractivity contribution in [1.82, 2.24) is 4.57 Å². The van der Waals surface area contributed by atoms with Crippen molar-refractivity contribution in [3.05, 3.63) is 42.6 Å². The first-order valence-corrected chi connectivity index (χ1v) is 7.74. The molecule has 5 heteroatoms. The maximum absolute atomic E-state index is 12.0.